The summed E-state index contributed by atoms with van der Waals surface area (Å²) in [5.41, 5.74) is 5.48. The standard InChI is InChI=1S/C14H19ClF2N2O2/c1-14(2,3)21-13(20)19-11-7-9(15)5-4-8(11)6-10(18)12(16)17/h4-5,7,10,12H,6,18H2,1-3H3,(H,19,20). The van der Waals surface area contributed by atoms with Gasteiger partial charge in [0.05, 0.1) is 6.04 Å². The third-order valence-electron chi connectivity index (χ3n) is 2.49. The summed E-state index contributed by atoms with van der Waals surface area (Å²) in [4.78, 5) is 11.8. The fourth-order valence-electron chi connectivity index (χ4n) is 1.60. The predicted molar refractivity (Wildman–Crippen MR) is 79.0 cm³/mol. The Morgan fingerprint density at radius 1 is 1.43 bits per heavy atom. The SMILES string of the molecule is CC(C)(C)OC(=O)Nc1cc(Cl)ccc1CC(N)C(F)F. The number of rotatable bonds is 4. The van der Waals surface area contributed by atoms with E-state index in [1.54, 1.807) is 32.9 Å². The molecule has 1 aromatic rings. The van der Waals surface area contributed by atoms with E-state index in [1.165, 1.54) is 6.07 Å². The van der Waals surface area contributed by atoms with Gasteiger partial charge >= 0.3 is 6.09 Å². The Morgan fingerprint density at radius 3 is 2.57 bits per heavy atom. The van der Waals surface area contributed by atoms with Crippen molar-refractivity contribution in [2.24, 2.45) is 5.73 Å². The van der Waals surface area contributed by atoms with Crippen LogP contribution in [0.2, 0.25) is 5.02 Å². The molecule has 1 unspecified atom stereocenters. The van der Waals surface area contributed by atoms with Gasteiger partial charge in [-0.1, -0.05) is 17.7 Å². The van der Waals surface area contributed by atoms with Crippen molar-refractivity contribution < 1.29 is 18.3 Å². The number of carbonyl (C=O) groups is 1. The first-order valence-corrected chi connectivity index (χ1v) is 6.78. The third-order valence-corrected chi connectivity index (χ3v) is 2.72. The van der Waals surface area contributed by atoms with Crippen molar-refractivity contribution in [2.75, 3.05) is 5.32 Å². The quantitative estimate of drug-likeness (QED) is 0.886. The highest BCUT2D eigenvalue weighted by Crippen LogP contribution is 2.24. The van der Waals surface area contributed by atoms with Crippen LogP contribution in [-0.4, -0.2) is 24.2 Å². The molecule has 0 fully saturated rings. The summed E-state index contributed by atoms with van der Waals surface area (Å²) in [5.74, 6) is 0. The van der Waals surface area contributed by atoms with Crippen LogP contribution < -0.4 is 11.1 Å². The number of anilines is 1. The minimum atomic E-state index is -2.64. The Kier molecular flexibility index (Phi) is 5.92. The van der Waals surface area contributed by atoms with Gasteiger partial charge in [-0.05, 0) is 44.9 Å². The predicted octanol–water partition coefficient (Wildman–Crippen LogP) is 3.82. The molecule has 3 N–H and O–H groups in total. The molecule has 0 saturated carbocycles. The summed E-state index contributed by atoms with van der Waals surface area (Å²) in [6.45, 7) is 5.16. The number of hydrogen-bond acceptors (Lipinski definition) is 3. The average molecular weight is 321 g/mol. The van der Waals surface area contributed by atoms with Gasteiger partial charge in [0.2, 0.25) is 0 Å². The highest BCUT2D eigenvalue weighted by Gasteiger charge is 2.20. The number of benzene rings is 1. The fraction of sp³-hybridized carbons (Fsp3) is 0.500. The first-order valence-electron chi connectivity index (χ1n) is 6.40. The summed E-state index contributed by atoms with van der Waals surface area (Å²) >= 11 is 5.86. The van der Waals surface area contributed by atoms with Gasteiger partial charge in [0.1, 0.15) is 5.60 Å². The zero-order chi connectivity index (χ0) is 16.2. The monoisotopic (exact) mass is 320 g/mol. The summed E-state index contributed by atoms with van der Waals surface area (Å²) in [7, 11) is 0. The van der Waals surface area contributed by atoms with Crippen molar-refractivity contribution in [3.63, 3.8) is 0 Å². The second-order valence-corrected chi connectivity index (χ2v) is 6.07. The maximum atomic E-state index is 12.5. The van der Waals surface area contributed by atoms with E-state index < -0.39 is 24.2 Å². The maximum Gasteiger partial charge on any atom is 0.412 e. The van der Waals surface area contributed by atoms with E-state index in [2.05, 4.69) is 5.32 Å². The Labute approximate surface area is 127 Å². The van der Waals surface area contributed by atoms with Crippen molar-refractivity contribution in [1.29, 1.82) is 0 Å². The number of nitrogens with one attached hydrogen (secondary N) is 1. The van der Waals surface area contributed by atoms with E-state index in [1.807, 2.05) is 0 Å². The lowest BCUT2D eigenvalue weighted by Gasteiger charge is -2.21. The number of amides is 1. The van der Waals surface area contributed by atoms with Gasteiger partial charge in [-0.3, -0.25) is 5.32 Å². The molecular weight excluding hydrogens is 302 g/mol. The van der Waals surface area contributed by atoms with Crippen LogP contribution in [0.3, 0.4) is 0 Å². The highest BCUT2D eigenvalue weighted by atomic mass is 35.5. The lowest BCUT2D eigenvalue weighted by Crippen LogP contribution is -2.32. The van der Waals surface area contributed by atoms with Gasteiger partial charge in [0.25, 0.3) is 6.43 Å². The van der Waals surface area contributed by atoms with Crippen LogP contribution in [0.4, 0.5) is 19.3 Å². The van der Waals surface area contributed by atoms with E-state index in [0.29, 0.717) is 16.3 Å². The molecule has 0 bridgehead atoms. The second-order valence-electron chi connectivity index (χ2n) is 5.63. The molecule has 0 saturated heterocycles. The molecule has 7 heteroatoms. The largest absolute Gasteiger partial charge is 0.444 e. The van der Waals surface area contributed by atoms with Gasteiger partial charge in [-0.25, -0.2) is 13.6 Å². The van der Waals surface area contributed by atoms with E-state index in [-0.39, 0.29) is 6.42 Å². The first-order chi connectivity index (χ1) is 9.58. The molecule has 0 radical (unpaired) electrons. The van der Waals surface area contributed by atoms with E-state index >= 15 is 0 Å². The zero-order valence-corrected chi connectivity index (χ0v) is 12.9. The molecule has 0 spiro atoms. The molecule has 4 nitrogen and oxygen atoms in total. The lowest BCUT2D eigenvalue weighted by atomic mass is 10.0. The molecule has 0 aromatic heterocycles. The van der Waals surface area contributed by atoms with Crippen LogP contribution >= 0.6 is 11.6 Å². The normalized spacial score (nSPS) is 13.1. The summed E-state index contributed by atoms with van der Waals surface area (Å²) in [6, 6.07) is 3.26. The van der Waals surface area contributed by atoms with Crippen LogP contribution in [0, 0.1) is 0 Å². The fourth-order valence-corrected chi connectivity index (χ4v) is 1.77. The molecule has 1 aromatic carbocycles. The van der Waals surface area contributed by atoms with E-state index in [4.69, 9.17) is 22.1 Å². The number of halogens is 3. The molecule has 1 rings (SSSR count). The Balaban J connectivity index is 2.89. The molecular formula is C14H19ClF2N2O2. The Morgan fingerprint density at radius 2 is 2.05 bits per heavy atom. The molecule has 0 aliphatic heterocycles. The summed E-state index contributed by atoms with van der Waals surface area (Å²) in [6.07, 6.45) is -3.41. The average Bonchev–Trinajstić information content (AvgIpc) is 2.29. The molecule has 118 valence electrons. The first kappa shape index (κ1) is 17.7. The van der Waals surface area contributed by atoms with Gasteiger partial charge < -0.3 is 10.5 Å². The number of nitrogens with two attached hydrogens (primary N) is 1. The Hall–Kier alpha value is -1.40. The Bertz CT molecular complexity index is 504. The van der Waals surface area contributed by atoms with Crippen molar-refractivity contribution in [3.05, 3.63) is 28.8 Å². The van der Waals surface area contributed by atoms with Crippen molar-refractivity contribution in [2.45, 2.75) is 45.3 Å². The molecule has 1 amide bonds. The van der Waals surface area contributed by atoms with Gasteiger partial charge in [0.15, 0.2) is 0 Å². The van der Waals surface area contributed by atoms with E-state index in [0.717, 1.165) is 0 Å². The number of ether oxygens (including phenoxy) is 1. The number of carbonyl (C=O) groups excluding carboxylic acids is 1. The third kappa shape index (κ3) is 6.27. The summed E-state index contributed by atoms with van der Waals surface area (Å²) in [5, 5.41) is 2.88. The minimum Gasteiger partial charge on any atom is -0.444 e. The van der Waals surface area contributed by atoms with Gasteiger partial charge in [-0.2, -0.15) is 0 Å². The van der Waals surface area contributed by atoms with Crippen LogP contribution in [-0.2, 0) is 11.2 Å². The van der Waals surface area contributed by atoms with Gasteiger partial charge in [-0.15, -0.1) is 0 Å². The zero-order valence-electron chi connectivity index (χ0n) is 12.1. The van der Waals surface area contributed by atoms with Crippen molar-refractivity contribution >= 4 is 23.4 Å². The molecule has 0 heterocycles. The van der Waals surface area contributed by atoms with Crippen LogP contribution in [0.25, 0.3) is 0 Å². The maximum absolute atomic E-state index is 12.5. The van der Waals surface area contributed by atoms with Crippen molar-refractivity contribution in [3.8, 4) is 0 Å². The molecule has 1 atom stereocenters. The second kappa shape index (κ2) is 7.04. The lowest BCUT2D eigenvalue weighted by molar-refractivity contribution is 0.0636. The highest BCUT2D eigenvalue weighted by molar-refractivity contribution is 6.31. The summed E-state index contributed by atoms with van der Waals surface area (Å²) < 4.78 is 30.2. The smallest absolute Gasteiger partial charge is 0.412 e. The number of hydrogen-bond donors (Lipinski definition) is 2. The van der Waals surface area contributed by atoms with Crippen molar-refractivity contribution in [1.82, 2.24) is 0 Å². The van der Waals surface area contributed by atoms with Crippen LogP contribution in [0.5, 0.6) is 0 Å². The minimum absolute atomic E-state index is 0.0834. The molecule has 21 heavy (non-hydrogen) atoms. The van der Waals surface area contributed by atoms with Gasteiger partial charge in [0, 0.05) is 10.7 Å². The number of alkyl halides is 2. The molecule has 0 aliphatic carbocycles. The van der Waals surface area contributed by atoms with Crippen LogP contribution in [0.1, 0.15) is 26.3 Å². The van der Waals surface area contributed by atoms with Crippen LogP contribution in [0.15, 0.2) is 18.2 Å². The van der Waals surface area contributed by atoms with E-state index in [9.17, 15) is 13.6 Å². The topological polar surface area (TPSA) is 64.3 Å². The molecule has 0 aliphatic rings.